The van der Waals surface area contributed by atoms with E-state index in [1.54, 1.807) is 18.2 Å². The molecule has 0 saturated carbocycles. The van der Waals surface area contributed by atoms with Gasteiger partial charge in [0.15, 0.2) is 0 Å². The van der Waals surface area contributed by atoms with Crippen LogP contribution in [0.1, 0.15) is 15.9 Å². The van der Waals surface area contributed by atoms with Crippen molar-refractivity contribution in [1.82, 2.24) is 5.32 Å². The number of carboxylic acids is 1. The average Bonchev–Trinajstić information content (AvgIpc) is 2.45. The molecule has 2 N–H and O–H groups in total. The maximum atomic E-state index is 13.6. The van der Waals surface area contributed by atoms with Gasteiger partial charge in [0.1, 0.15) is 29.1 Å². The summed E-state index contributed by atoms with van der Waals surface area (Å²) >= 11 is 2.05. The largest absolute Gasteiger partial charge is 0.480 e. The van der Waals surface area contributed by atoms with Gasteiger partial charge in [-0.15, -0.1) is 0 Å². The second kappa shape index (κ2) is 7.65. The van der Waals surface area contributed by atoms with Crippen LogP contribution in [0.25, 0.3) is 0 Å². The fourth-order valence-electron chi connectivity index (χ4n) is 2.09. The second-order valence-electron chi connectivity index (χ2n) is 4.94. The predicted molar refractivity (Wildman–Crippen MR) is 88.1 cm³/mol. The molecule has 0 aliphatic carbocycles. The first-order valence-corrected chi connectivity index (χ1v) is 7.78. The maximum Gasteiger partial charge on any atom is 0.326 e. The van der Waals surface area contributed by atoms with Gasteiger partial charge in [0.2, 0.25) is 0 Å². The Kier molecular flexibility index (Phi) is 5.81. The van der Waals surface area contributed by atoms with Crippen molar-refractivity contribution in [3.05, 3.63) is 68.5 Å². The minimum Gasteiger partial charge on any atom is -0.480 e. The molecule has 2 rings (SSSR count). The molecule has 24 heavy (non-hydrogen) atoms. The van der Waals surface area contributed by atoms with Crippen molar-refractivity contribution >= 4 is 34.5 Å². The van der Waals surface area contributed by atoms with E-state index in [9.17, 15) is 27.9 Å². The molecule has 0 aliphatic rings. The fourth-order valence-corrected chi connectivity index (χ4v) is 2.70. The standard InChI is InChI=1S/C16H11F3INO3/c17-9-6-11(18)14(12(19)7-9)15(22)21-13(16(23)24)5-8-2-1-3-10(20)4-8/h1-4,6-7,13H,5H2,(H,21,22)(H,23,24)/t13-/m0/s1. The van der Waals surface area contributed by atoms with Gasteiger partial charge in [-0.2, -0.15) is 0 Å². The number of amides is 1. The Morgan fingerprint density at radius 3 is 2.29 bits per heavy atom. The van der Waals surface area contributed by atoms with Gasteiger partial charge in [0.25, 0.3) is 5.91 Å². The number of hydrogen-bond donors (Lipinski definition) is 2. The minimum absolute atomic E-state index is 0.0671. The summed E-state index contributed by atoms with van der Waals surface area (Å²) in [5.41, 5.74) is -0.389. The molecule has 1 amide bonds. The summed E-state index contributed by atoms with van der Waals surface area (Å²) in [5.74, 6) is -6.59. The van der Waals surface area contributed by atoms with E-state index in [0.717, 1.165) is 3.57 Å². The van der Waals surface area contributed by atoms with Crippen molar-refractivity contribution in [3.63, 3.8) is 0 Å². The zero-order valence-corrected chi connectivity index (χ0v) is 14.2. The van der Waals surface area contributed by atoms with Crippen LogP contribution in [0.3, 0.4) is 0 Å². The summed E-state index contributed by atoms with van der Waals surface area (Å²) in [6.45, 7) is 0. The molecule has 0 saturated heterocycles. The number of carbonyl (C=O) groups excluding carboxylic acids is 1. The number of carbonyl (C=O) groups is 2. The molecule has 126 valence electrons. The first-order chi connectivity index (χ1) is 11.3. The lowest BCUT2D eigenvalue weighted by atomic mass is 10.1. The van der Waals surface area contributed by atoms with Gasteiger partial charge in [0.05, 0.1) is 0 Å². The smallest absolute Gasteiger partial charge is 0.326 e. The molecule has 0 aliphatic heterocycles. The quantitative estimate of drug-likeness (QED) is 0.690. The number of benzene rings is 2. The van der Waals surface area contributed by atoms with E-state index in [0.29, 0.717) is 17.7 Å². The highest BCUT2D eigenvalue weighted by atomic mass is 127. The van der Waals surface area contributed by atoms with Crippen molar-refractivity contribution in [2.45, 2.75) is 12.5 Å². The number of hydrogen-bond acceptors (Lipinski definition) is 2. The van der Waals surface area contributed by atoms with Crippen LogP contribution in [0.2, 0.25) is 0 Å². The van der Waals surface area contributed by atoms with Gasteiger partial charge in [-0.1, -0.05) is 12.1 Å². The van der Waals surface area contributed by atoms with E-state index in [1.807, 2.05) is 28.7 Å². The van der Waals surface area contributed by atoms with Gasteiger partial charge < -0.3 is 10.4 Å². The van der Waals surface area contributed by atoms with Crippen LogP contribution in [0.15, 0.2) is 36.4 Å². The van der Waals surface area contributed by atoms with Crippen LogP contribution in [0.5, 0.6) is 0 Å². The molecule has 0 spiro atoms. The third kappa shape index (κ3) is 4.47. The number of halogens is 4. The number of nitrogens with one attached hydrogen (secondary N) is 1. The third-order valence-electron chi connectivity index (χ3n) is 3.17. The molecular weight excluding hydrogens is 438 g/mol. The molecule has 0 aromatic heterocycles. The topological polar surface area (TPSA) is 66.4 Å². The van der Waals surface area contributed by atoms with E-state index >= 15 is 0 Å². The van der Waals surface area contributed by atoms with E-state index in [-0.39, 0.29) is 6.42 Å². The van der Waals surface area contributed by atoms with Crippen LogP contribution in [-0.4, -0.2) is 23.0 Å². The van der Waals surface area contributed by atoms with Gasteiger partial charge in [0, 0.05) is 22.1 Å². The number of rotatable bonds is 5. The van der Waals surface area contributed by atoms with Crippen molar-refractivity contribution in [1.29, 1.82) is 0 Å². The van der Waals surface area contributed by atoms with Crippen molar-refractivity contribution in [3.8, 4) is 0 Å². The summed E-state index contributed by atoms with van der Waals surface area (Å²) in [6.07, 6.45) is -0.0671. The summed E-state index contributed by atoms with van der Waals surface area (Å²) in [5, 5.41) is 11.3. The predicted octanol–water partition coefficient (Wildman–Crippen LogP) is 3.13. The Morgan fingerprint density at radius 1 is 1.12 bits per heavy atom. The SMILES string of the molecule is O=C(N[C@@H](Cc1cccc(I)c1)C(=O)O)c1c(F)cc(F)cc1F. The van der Waals surface area contributed by atoms with Crippen LogP contribution in [-0.2, 0) is 11.2 Å². The number of aliphatic carboxylic acids is 1. The lowest BCUT2D eigenvalue weighted by Gasteiger charge is -2.15. The zero-order chi connectivity index (χ0) is 17.9. The Morgan fingerprint density at radius 2 is 1.75 bits per heavy atom. The summed E-state index contributed by atoms with van der Waals surface area (Å²) in [7, 11) is 0. The lowest BCUT2D eigenvalue weighted by Crippen LogP contribution is -2.43. The van der Waals surface area contributed by atoms with Crippen LogP contribution in [0.4, 0.5) is 13.2 Å². The monoisotopic (exact) mass is 449 g/mol. The molecule has 2 aromatic rings. The summed E-state index contributed by atoms with van der Waals surface area (Å²) in [4.78, 5) is 23.3. The molecule has 8 heteroatoms. The fraction of sp³-hybridized carbons (Fsp3) is 0.125. The summed E-state index contributed by atoms with van der Waals surface area (Å²) in [6, 6.07) is 6.24. The first kappa shape index (κ1) is 18.2. The van der Waals surface area contributed by atoms with E-state index < -0.39 is 40.9 Å². The molecule has 4 nitrogen and oxygen atoms in total. The van der Waals surface area contributed by atoms with Crippen LogP contribution >= 0.6 is 22.6 Å². The molecule has 2 aromatic carbocycles. The van der Waals surface area contributed by atoms with Gasteiger partial charge in [-0.3, -0.25) is 4.79 Å². The molecule has 0 fully saturated rings. The minimum atomic E-state index is -1.40. The second-order valence-corrected chi connectivity index (χ2v) is 6.19. The van der Waals surface area contributed by atoms with E-state index in [1.165, 1.54) is 0 Å². The highest BCUT2D eigenvalue weighted by Crippen LogP contribution is 2.16. The van der Waals surface area contributed by atoms with Gasteiger partial charge in [-0.05, 0) is 40.3 Å². The Bertz CT molecular complexity index is 775. The molecular formula is C16H11F3INO3. The molecule has 1 atom stereocenters. The maximum absolute atomic E-state index is 13.6. The lowest BCUT2D eigenvalue weighted by molar-refractivity contribution is -0.139. The molecule has 0 bridgehead atoms. The summed E-state index contributed by atoms with van der Waals surface area (Å²) < 4.78 is 41.0. The van der Waals surface area contributed by atoms with E-state index in [4.69, 9.17) is 0 Å². The van der Waals surface area contributed by atoms with Gasteiger partial charge in [-0.25, -0.2) is 18.0 Å². The van der Waals surface area contributed by atoms with Crippen LogP contribution in [0, 0.1) is 21.0 Å². The van der Waals surface area contributed by atoms with Crippen molar-refractivity contribution < 1.29 is 27.9 Å². The van der Waals surface area contributed by atoms with Crippen LogP contribution < -0.4 is 5.32 Å². The Balaban J connectivity index is 2.22. The average molecular weight is 449 g/mol. The number of carboxylic acid groups (broad SMARTS) is 1. The molecule has 0 unspecified atom stereocenters. The molecule has 0 radical (unpaired) electrons. The zero-order valence-electron chi connectivity index (χ0n) is 12.0. The Hall–Kier alpha value is -2.10. The highest BCUT2D eigenvalue weighted by molar-refractivity contribution is 14.1. The van der Waals surface area contributed by atoms with E-state index in [2.05, 4.69) is 5.32 Å². The Labute approximate surface area is 148 Å². The van der Waals surface area contributed by atoms with Crippen molar-refractivity contribution in [2.24, 2.45) is 0 Å². The molecule has 0 heterocycles. The first-order valence-electron chi connectivity index (χ1n) is 6.70. The normalized spacial score (nSPS) is 11.8. The highest BCUT2D eigenvalue weighted by Gasteiger charge is 2.25. The van der Waals surface area contributed by atoms with Gasteiger partial charge >= 0.3 is 5.97 Å². The van der Waals surface area contributed by atoms with Crippen molar-refractivity contribution in [2.75, 3.05) is 0 Å². The third-order valence-corrected chi connectivity index (χ3v) is 3.84.